The molecule has 0 aliphatic heterocycles. The summed E-state index contributed by atoms with van der Waals surface area (Å²) in [5.74, 6) is -0.322. The maximum atomic E-state index is 12.1. The zero-order valence-electron chi connectivity index (χ0n) is 13.4. The van der Waals surface area contributed by atoms with Gasteiger partial charge in [-0.2, -0.15) is 0 Å². The highest BCUT2D eigenvalue weighted by molar-refractivity contribution is 6.04. The van der Waals surface area contributed by atoms with Gasteiger partial charge in [0.1, 0.15) is 5.75 Å². The fourth-order valence-corrected chi connectivity index (χ4v) is 2.14. The molecular weight excluding hydrogens is 319 g/mol. The minimum Gasteiger partial charge on any atom is -0.406 e. The van der Waals surface area contributed by atoms with Crippen molar-refractivity contribution in [1.29, 1.82) is 0 Å². The molecule has 0 saturated carbocycles. The third-order valence-corrected chi connectivity index (χ3v) is 3.70. The van der Waals surface area contributed by atoms with Crippen LogP contribution in [0.25, 0.3) is 0 Å². The maximum Gasteiger partial charge on any atom is 0.573 e. The third-order valence-electron chi connectivity index (χ3n) is 3.70. The second kappa shape index (κ2) is 7.38. The summed E-state index contributed by atoms with van der Waals surface area (Å²) in [7, 11) is 0. The van der Waals surface area contributed by atoms with E-state index in [-0.39, 0.29) is 11.3 Å². The smallest absolute Gasteiger partial charge is 0.406 e. The Kier molecular flexibility index (Phi) is 5.49. The summed E-state index contributed by atoms with van der Waals surface area (Å²) in [5.41, 5.74) is 2.06. The van der Waals surface area contributed by atoms with Crippen LogP contribution in [-0.4, -0.2) is 12.3 Å². The monoisotopic (exact) mass is 337 g/mol. The molecule has 3 nitrogen and oxygen atoms in total. The lowest BCUT2D eigenvalue weighted by atomic mass is 9.98. The summed E-state index contributed by atoms with van der Waals surface area (Å²) in [4.78, 5) is 12.1. The Bertz CT molecular complexity index is 679. The predicted molar refractivity (Wildman–Crippen MR) is 86.2 cm³/mol. The highest BCUT2D eigenvalue weighted by atomic mass is 19.4. The average molecular weight is 337 g/mol. The van der Waals surface area contributed by atoms with Gasteiger partial charge in [0.05, 0.1) is 0 Å². The van der Waals surface area contributed by atoms with E-state index in [0.29, 0.717) is 11.6 Å². The Morgan fingerprint density at radius 3 is 2.17 bits per heavy atom. The lowest BCUT2D eigenvalue weighted by molar-refractivity contribution is -0.274. The van der Waals surface area contributed by atoms with E-state index < -0.39 is 12.3 Å². The van der Waals surface area contributed by atoms with E-state index in [9.17, 15) is 18.0 Å². The molecule has 6 heteroatoms. The fraction of sp³-hybridized carbons (Fsp3) is 0.278. The first-order valence-electron chi connectivity index (χ1n) is 7.55. The van der Waals surface area contributed by atoms with Crippen LogP contribution in [0.3, 0.4) is 0 Å². The van der Waals surface area contributed by atoms with Crippen molar-refractivity contribution in [3.8, 4) is 5.75 Å². The highest BCUT2D eigenvalue weighted by Gasteiger charge is 2.31. The maximum absolute atomic E-state index is 12.1. The van der Waals surface area contributed by atoms with E-state index in [1.165, 1.54) is 17.7 Å². The Morgan fingerprint density at radius 2 is 1.67 bits per heavy atom. The molecule has 0 aliphatic carbocycles. The summed E-state index contributed by atoms with van der Waals surface area (Å²) in [5, 5.41) is 2.71. The van der Waals surface area contributed by atoms with Gasteiger partial charge in [-0.1, -0.05) is 26.0 Å². The van der Waals surface area contributed by atoms with Crippen LogP contribution in [0, 0.1) is 0 Å². The minimum absolute atomic E-state index is 0.246. The van der Waals surface area contributed by atoms with Gasteiger partial charge in [0.2, 0.25) is 0 Å². The number of hydrogen-bond donors (Lipinski definition) is 1. The highest BCUT2D eigenvalue weighted by Crippen LogP contribution is 2.23. The van der Waals surface area contributed by atoms with Crippen LogP contribution in [0.1, 0.15) is 42.1 Å². The molecule has 0 fully saturated rings. The molecule has 0 aromatic heterocycles. The largest absolute Gasteiger partial charge is 0.573 e. The molecule has 0 bridgehead atoms. The van der Waals surface area contributed by atoms with Gasteiger partial charge < -0.3 is 10.1 Å². The van der Waals surface area contributed by atoms with Gasteiger partial charge in [0.25, 0.3) is 5.91 Å². The number of carbonyl (C=O) groups excluding carboxylic acids is 1. The molecule has 1 amide bonds. The molecule has 128 valence electrons. The van der Waals surface area contributed by atoms with E-state index in [4.69, 9.17) is 0 Å². The molecule has 2 rings (SSSR count). The molecule has 0 aliphatic rings. The zero-order chi connectivity index (χ0) is 17.7. The quantitative estimate of drug-likeness (QED) is 0.798. The van der Waals surface area contributed by atoms with E-state index in [1.54, 1.807) is 12.1 Å². The molecule has 0 spiro atoms. The topological polar surface area (TPSA) is 38.3 Å². The number of rotatable bonds is 5. The van der Waals surface area contributed by atoms with Crippen molar-refractivity contribution < 1.29 is 22.7 Å². The SMILES string of the molecule is CC[C@H](C)c1ccc(NC(=O)c2ccc(OC(F)(F)F)cc2)cc1. The number of nitrogens with one attached hydrogen (secondary N) is 1. The number of anilines is 1. The number of halogens is 3. The molecule has 24 heavy (non-hydrogen) atoms. The molecule has 0 unspecified atom stereocenters. The summed E-state index contributed by atoms with van der Waals surface area (Å²) >= 11 is 0. The first-order valence-corrected chi connectivity index (χ1v) is 7.55. The van der Waals surface area contributed by atoms with Crippen molar-refractivity contribution in [2.75, 3.05) is 5.32 Å². The Labute approximate surface area is 138 Å². The normalized spacial score (nSPS) is 12.5. The number of carbonyl (C=O) groups is 1. The lowest BCUT2D eigenvalue weighted by Crippen LogP contribution is -2.17. The van der Waals surface area contributed by atoms with Gasteiger partial charge >= 0.3 is 6.36 Å². The zero-order valence-corrected chi connectivity index (χ0v) is 13.4. The van der Waals surface area contributed by atoms with Crippen molar-refractivity contribution in [2.45, 2.75) is 32.5 Å². The van der Waals surface area contributed by atoms with Gasteiger partial charge in [0.15, 0.2) is 0 Å². The van der Waals surface area contributed by atoms with E-state index >= 15 is 0 Å². The Morgan fingerprint density at radius 1 is 1.08 bits per heavy atom. The standard InChI is InChI=1S/C18H18F3NO2/c1-3-12(2)13-4-8-15(9-5-13)22-17(23)14-6-10-16(11-7-14)24-18(19,20)21/h4-12H,3H2,1-2H3,(H,22,23)/t12-/m0/s1. The van der Waals surface area contributed by atoms with Gasteiger partial charge in [-0.3, -0.25) is 4.79 Å². The molecular formula is C18H18F3NO2. The number of amides is 1. The fourth-order valence-electron chi connectivity index (χ4n) is 2.14. The summed E-state index contributed by atoms with van der Waals surface area (Å²) in [6.45, 7) is 4.23. The molecule has 2 aromatic carbocycles. The van der Waals surface area contributed by atoms with Gasteiger partial charge in [0, 0.05) is 11.3 Å². The van der Waals surface area contributed by atoms with Crippen molar-refractivity contribution in [3.05, 3.63) is 59.7 Å². The van der Waals surface area contributed by atoms with E-state index in [0.717, 1.165) is 18.6 Å². The first-order chi connectivity index (χ1) is 11.3. The molecule has 0 radical (unpaired) electrons. The van der Waals surface area contributed by atoms with Gasteiger partial charge in [-0.25, -0.2) is 0 Å². The number of alkyl halides is 3. The predicted octanol–water partition coefficient (Wildman–Crippen LogP) is 5.35. The van der Waals surface area contributed by atoms with Gasteiger partial charge in [-0.05, 0) is 54.3 Å². The van der Waals surface area contributed by atoms with Crippen molar-refractivity contribution >= 4 is 11.6 Å². The molecule has 2 aromatic rings. The van der Waals surface area contributed by atoms with Crippen LogP contribution in [0.2, 0.25) is 0 Å². The van der Waals surface area contributed by atoms with Crippen LogP contribution in [-0.2, 0) is 0 Å². The number of ether oxygens (including phenoxy) is 1. The first kappa shape index (κ1) is 17.8. The second-order valence-electron chi connectivity index (χ2n) is 5.46. The Balaban J connectivity index is 2.01. The van der Waals surface area contributed by atoms with Crippen LogP contribution < -0.4 is 10.1 Å². The van der Waals surface area contributed by atoms with Crippen LogP contribution in [0.5, 0.6) is 5.75 Å². The third kappa shape index (κ3) is 5.01. The van der Waals surface area contributed by atoms with Crippen LogP contribution >= 0.6 is 0 Å². The van der Waals surface area contributed by atoms with Crippen LogP contribution in [0.4, 0.5) is 18.9 Å². The molecule has 1 N–H and O–H groups in total. The lowest BCUT2D eigenvalue weighted by Gasteiger charge is -2.11. The van der Waals surface area contributed by atoms with Crippen molar-refractivity contribution in [3.63, 3.8) is 0 Å². The summed E-state index contributed by atoms with van der Waals surface area (Å²) in [6.07, 6.45) is -3.72. The number of hydrogen-bond acceptors (Lipinski definition) is 2. The number of benzene rings is 2. The summed E-state index contributed by atoms with van der Waals surface area (Å²) in [6, 6.07) is 12.3. The second-order valence-corrected chi connectivity index (χ2v) is 5.46. The van der Waals surface area contributed by atoms with Crippen molar-refractivity contribution in [2.24, 2.45) is 0 Å². The van der Waals surface area contributed by atoms with Crippen molar-refractivity contribution in [1.82, 2.24) is 0 Å². The summed E-state index contributed by atoms with van der Waals surface area (Å²) < 4.78 is 40.1. The van der Waals surface area contributed by atoms with Gasteiger partial charge in [-0.15, -0.1) is 13.2 Å². The molecule has 0 heterocycles. The van der Waals surface area contributed by atoms with Crippen LogP contribution in [0.15, 0.2) is 48.5 Å². The minimum atomic E-state index is -4.75. The van der Waals surface area contributed by atoms with E-state index in [2.05, 4.69) is 23.9 Å². The average Bonchev–Trinajstić information content (AvgIpc) is 2.54. The van der Waals surface area contributed by atoms with E-state index in [1.807, 2.05) is 12.1 Å². The molecule has 1 atom stereocenters. The Hall–Kier alpha value is -2.50. The molecule has 0 saturated heterocycles.